The zero-order valence-corrected chi connectivity index (χ0v) is 11.7. The average Bonchev–Trinajstić information content (AvgIpc) is 2.38. The maximum Gasteiger partial charge on any atom is 0.00104 e. The zero-order chi connectivity index (χ0) is 12.5. The molecule has 0 aliphatic heterocycles. The molecule has 0 heterocycles. The van der Waals surface area contributed by atoms with E-state index in [1.165, 1.54) is 38.6 Å². The minimum Gasteiger partial charge on any atom is -0.314 e. The van der Waals surface area contributed by atoms with Crippen LogP contribution in [-0.2, 0) is 12.8 Å². The van der Waals surface area contributed by atoms with Crippen LogP contribution in [0.15, 0.2) is 18.2 Å². The molecule has 98 valence electrons. The van der Waals surface area contributed by atoms with Gasteiger partial charge in [-0.15, -0.1) is 0 Å². The second-order valence-corrected chi connectivity index (χ2v) is 6.35. The Hall–Kier alpha value is -0.820. The molecule has 18 heavy (non-hydrogen) atoms. The van der Waals surface area contributed by atoms with Gasteiger partial charge in [0.05, 0.1) is 0 Å². The Morgan fingerprint density at radius 1 is 1.17 bits per heavy atom. The molecule has 1 heteroatoms. The Labute approximate surface area is 111 Å². The molecule has 0 aromatic heterocycles. The highest BCUT2D eigenvalue weighted by molar-refractivity contribution is 5.42. The van der Waals surface area contributed by atoms with Crippen molar-refractivity contribution in [2.75, 3.05) is 6.54 Å². The van der Waals surface area contributed by atoms with E-state index in [0.717, 1.165) is 11.8 Å². The van der Waals surface area contributed by atoms with Crippen molar-refractivity contribution in [1.29, 1.82) is 0 Å². The lowest BCUT2D eigenvalue weighted by Gasteiger charge is -2.38. The van der Waals surface area contributed by atoms with E-state index >= 15 is 0 Å². The second kappa shape index (κ2) is 5.05. The summed E-state index contributed by atoms with van der Waals surface area (Å²) in [7, 11) is 0. The van der Waals surface area contributed by atoms with Gasteiger partial charge in [0.1, 0.15) is 0 Å². The third-order valence-corrected chi connectivity index (χ3v) is 4.76. The fourth-order valence-electron chi connectivity index (χ4n) is 3.88. The molecule has 2 atom stereocenters. The lowest BCUT2D eigenvalue weighted by molar-refractivity contribution is 0.313. The van der Waals surface area contributed by atoms with Crippen molar-refractivity contribution in [3.05, 3.63) is 34.9 Å². The molecule has 0 bridgehead atoms. The van der Waals surface area contributed by atoms with E-state index in [2.05, 4.69) is 37.4 Å². The number of benzene rings is 1. The molecule has 1 N–H and O–H groups in total. The van der Waals surface area contributed by atoms with Crippen LogP contribution in [-0.4, -0.2) is 12.6 Å². The first-order chi connectivity index (χ1) is 8.75. The van der Waals surface area contributed by atoms with Gasteiger partial charge in [0, 0.05) is 6.04 Å². The number of rotatable bonds is 3. The first-order valence-electron chi connectivity index (χ1n) is 7.59. The Kier molecular flexibility index (Phi) is 3.43. The van der Waals surface area contributed by atoms with Gasteiger partial charge >= 0.3 is 0 Å². The zero-order valence-electron chi connectivity index (χ0n) is 11.7. The van der Waals surface area contributed by atoms with Crippen molar-refractivity contribution in [2.45, 2.75) is 57.9 Å². The van der Waals surface area contributed by atoms with Gasteiger partial charge < -0.3 is 5.32 Å². The molecule has 1 nitrogen and oxygen atoms in total. The van der Waals surface area contributed by atoms with Crippen LogP contribution in [0.4, 0.5) is 0 Å². The molecule has 0 radical (unpaired) electrons. The molecule has 0 amide bonds. The van der Waals surface area contributed by atoms with Gasteiger partial charge in [-0.25, -0.2) is 0 Å². The van der Waals surface area contributed by atoms with E-state index < -0.39 is 0 Å². The average molecular weight is 243 g/mol. The summed E-state index contributed by atoms with van der Waals surface area (Å²) in [4.78, 5) is 0. The first-order valence-corrected chi connectivity index (χ1v) is 7.59. The molecule has 0 saturated heterocycles. The molecule has 2 aliphatic rings. The fraction of sp³-hybridized carbons (Fsp3) is 0.647. The van der Waals surface area contributed by atoms with E-state index in [4.69, 9.17) is 0 Å². The van der Waals surface area contributed by atoms with E-state index in [1.807, 2.05) is 0 Å². The van der Waals surface area contributed by atoms with E-state index in [1.54, 1.807) is 16.7 Å². The minimum absolute atomic E-state index is 0.616. The Balaban J connectivity index is 1.85. The highest BCUT2D eigenvalue weighted by Gasteiger charge is 2.32. The fourth-order valence-corrected chi connectivity index (χ4v) is 3.88. The molecule has 0 fully saturated rings. The maximum absolute atomic E-state index is 3.65. The van der Waals surface area contributed by atoms with E-state index in [9.17, 15) is 0 Å². The third kappa shape index (κ3) is 2.21. The molecular formula is C17H25N. The molecule has 2 unspecified atom stereocenters. The van der Waals surface area contributed by atoms with Crippen molar-refractivity contribution in [3.8, 4) is 0 Å². The second-order valence-electron chi connectivity index (χ2n) is 6.35. The van der Waals surface area contributed by atoms with E-state index in [0.29, 0.717) is 6.04 Å². The Morgan fingerprint density at radius 2 is 1.94 bits per heavy atom. The number of hydrogen-bond donors (Lipinski definition) is 1. The summed E-state index contributed by atoms with van der Waals surface area (Å²) in [5, 5.41) is 3.65. The first kappa shape index (κ1) is 12.2. The maximum atomic E-state index is 3.65. The highest BCUT2D eigenvalue weighted by atomic mass is 14.9. The monoisotopic (exact) mass is 243 g/mol. The molecule has 0 spiro atoms. The van der Waals surface area contributed by atoms with Crippen LogP contribution in [0.5, 0.6) is 0 Å². The molecule has 0 saturated carbocycles. The van der Waals surface area contributed by atoms with E-state index in [-0.39, 0.29) is 0 Å². The summed E-state index contributed by atoms with van der Waals surface area (Å²) in [6, 6.07) is 7.61. The van der Waals surface area contributed by atoms with Crippen LogP contribution in [0.25, 0.3) is 0 Å². The van der Waals surface area contributed by atoms with Crippen LogP contribution in [0.2, 0.25) is 0 Å². The summed E-state index contributed by atoms with van der Waals surface area (Å²) in [5.41, 5.74) is 5.04. The lowest BCUT2D eigenvalue weighted by atomic mass is 9.68. The van der Waals surface area contributed by atoms with Crippen LogP contribution >= 0.6 is 0 Å². The van der Waals surface area contributed by atoms with Crippen molar-refractivity contribution in [1.82, 2.24) is 5.32 Å². The van der Waals surface area contributed by atoms with Gasteiger partial charge in [-0.3, -0.25) is 0 Å². The lowest BCUT2D eigenvalue weighted by Crippen LogP contribution is -2.35. The third-order valence-electron chi connectivity index (χ3n) is 4.76. The summed E-state index contributed by atoms with van der Waals surface area (Å²) >= 11 is 0. The standard InChI is InChI=1S/C17H25N/c1-12(2)18-11-15-10-9-14-6-3-5-13-7-4-8-16(15)17(13)14/h3,5-6,12,15-16,18H,4,7-11H2,1-2H3. The van der Waals surface area contributed by atoms with Crippen LogP contribution in [0.1, 0.15) is 55.7 Å². The smallest absolute Gasteiger partial charge is 0.00104 e. The van der Waals surface area contributed by atoms with Gasteiger partial charge in [-0.1, -0.05) is 32.0 Å². The number of aryl methyl sites for hydroxylation is 2. The number of hydrogen-bond acceptors (Lipinski definition) is 1. The van der Waals surface area contributed by atoms with Crippen molar-refractivity contribution >= 4 is 0 Å². The molecule has 1 aromatic rings. The Bertz CT molecular complexity index is 407. The largest absolute Gasteiger partial charge is 0.314 e. The summed E-state index contributed by atoms with van der Waals surface area (Å²) < 4.78 is 0. The predicted molar refractivity (Wildman–Crippen MR) is 77.1 cm³/mol. The van der Waals surface area contributed by atoms with Crippen LogP contribution in [0.3, 0.4) is 0 Å². The van der Waals surface area contributed by atoms with Gasteiger partial charge in [-0.2, -0.15) is 0 Å². The summed E-state index contributed by atoms with van der Waals surface area (Å²) in [6.07, 6.45) is 6.78. The van der Waals surface area contributed by atoms with Gasteiger partial charge in [-0.05, 0) is 67.2 Å². The quantitative estimate of drug-likeness (QED) is 0.854. The number of nitrogens with one attached hydrogen (secondary N) is 1. The highest BCUT2D eigenvalue weighted by Crippen LogP contribution is 2.44. The van der Waals surface area contributed by atoms with Gasteiger partial charge in [0.25, 0.3) is 0 Å². The molecule has 1 aromatic carbocycles. The van der Waals surface area contributed by atoms with Gasteiger partial charge in [0.2, 0.25) is 0 Å². The molecular weight excluding hydrogens is 218 g/mol. The summed E-state index contributed by atoms with van der Waals surface area (Å²) in [5.74, 6) is 1.70. The van der Waals surface area contributed by atoms with Crippen LogP contribution < -0.4 is 5.32 Å². The SMILES string of the molecule is CC(C)NCC1CCc2cccc3c2C1CCC3. The van der Waals surface area contributed by atoms with Crippen molar-refractivity contribution in [3.63, 3.8) is 0 Å². The molecule has 3 rings (SSSR count). The predicted octanol–water partition coefficient (Wildman–Crippen LogP) is 3.67. The van der Waals surface area contributed by atoms with Crippen molar-refractivity contribution in [2.24, 2.45) is 5.92 Å². The molecule has 2 aliphatic carbocycles. The topological polar surface area (TPSA) is 12.0 Å². The normalized spacial score (nSPS) is 26.2. The minimum atomic E-state index is 0.616. The van der Waals surface area contributed by atoms with Gasteiger partial charge in [0.15, 0.2) is 0 Å². The summed E-state index contributed by atoms with van der Waals surface area (Å²) in [6.45, 7) is 5.71. The van der Waals surface area contributed by atoms with Crippen LogP contribution in [0, 0.1) is 5.92 Å². The van der Waals surface area contributed by atoms with Crippen molar-refractivity contribution < 1.29 is 0 Å². The Morgan fingerprint density at radius 3 is 2.72 bits per heavy atom.